The van der Waals surface area contributed by atoms with E-state index in [2.05, 4.69) is 10.4 Å². The number of aryl methyl sites for hydroxylation is 1. The van der Waals surface area contributed by atoms with E-state index >= 15 is 0 Å². The number of ether oxygens (including phenoxy) is 1. The molecule has 1 unspecified atom stereocenters. The van der Waals surface area contributed by atoms with Gasteiger partial charge in [-0.1, -0.05) is 48.0 Å². The van der Waals surface area contributed by atoms with Gasteiger partial charge in [-0.25, -0.2) is 4.68 Å². The first kappa shape index (κ1) is 19.4. The summed E-state index contributed by atoms with van der Waals surface area (Å²) in [6, 6.07) is 18.8. The van der Waals surface area contributed by atoms with Crippen molar-refractivity contribution < 1.29 is 14.3 Å². The summed E-state index contributed by atoms with van der Waals surface area (Å²) in [7, 11) is 0. The molecule has 3 aromatic rings. The van der Waals surface area contributed by atoms with Crippen LogP contribution in [-0.4, -0.2) is 21.7 Å². The average Bonchev–Trinajstić information content (AvgIpc) is 3.16. The lowest BCUT2D eigenvalue weighted by Gasteiger charge is -2.17. The van der Waals surface area contributed by atoms with Crippen LogP contribution in [0.1, 0.15) is 36.2 Å². The summed E-state index contributed by atoms with van der Waals surface area (Å²) in [6.45, 7) is 3.50. The Morgan fingerprint density at radius 3 is 2.46 bits per heavy atom. The molecule has 1 amide bonds. The van der Waals surface area contributed by atoms with E-state index in [-0.39, 0.29) is 18.9 Å². The van der Waals surface area contributed by atoms with Crippen LogP contribution in [-0.2, 0) is 20.9 Å². The maximum Gasteiger partial charge on any atom is 0.308 e. The molecule has 0 bridgehead atoms. The standard InChI is InChI=1S/C22H23N3O3/c1-16-8-10-18(11-9-16)21(23-17(2)26)14-22(27)28-15-19-12-13-25(24-19)20-6-4-3-5-7-20/h3-13,21H,14-15H2,1-2H3,(H,23,26). The lowest BCUT2D eigenvalue weighted by molar-refractivity contribution is -0.145. The molecular weight excluding hydrogens is 354 g/mol. The molecule has 0 saturated heterocycles. The van der Waals surface area contributed by atoms with Gasteiger partial charge in [-0.15, -0.1) is 0 Å². The van der Waals surface area contributed by atoms with E-state index in [1.54, 1.807) is 4.68 Å². The summed E-state index contributed by atoms with van der Waals surface area (Å²) in [5.74, 6) is -0.589. The SMILES string of the molecule is CC(=O)NC(CC(=O)OCc1ccn(-c2ccccc2)n1)c1ccc(C)cc1. The number of amides is 1. The second kappa shape index (κ2) is 8.99. The molecule has 2 aromatic carbocycles. The Labute approximate surface area is 164 Å². The van der Waals surface area contributed by atoms with Crippen molar-refractivity contribution >= 4 is 11.9 Å². The maximum atomic E-state index is 12.3. The van der Waals surface area contributed by atoms with E-state index in [4.69, 9.17) is 4.74 Å². The van der Waals surface area contributed by atoms with Gasteiger partial charge in [-0.3, -0.25) is 9.59 Å². The molecule has 0 aliphatic rings. The van der Waals surface area contributed by atoms with Gasteiger partial charge in [-0.05, 0) is 30.7 Å². The molecule has 0 saturated carbocycles. The van der Waals surface area contributed by atoms with Crippen LogP contribution < -0.4 is 5.32 Å². The van der Waals surface area contributed by atoms with Gasteiger partial charge in [0, 0.05) is 13.1 Å². The Balaban J connectivity index is 1.59. The van der Waals surface area contributed by atoms with E-state index in [1.165, 1.54) is 6.92 Å². The molecule has 0 aliphatic heterocycles. The van der Waals surface area contributed by atoms with Crippen molar-refractivity contribution in [2.24, 2.45) is 0 Å². The molecule has 1 N–H and O–H groups in total. The molecule has 0 radical (unpaired) electrons. The Morgan fingerprint density at radius 1 is 1.07 bits per heavy atom. The first-order valence-electron chi connectivity index (χ1n) is 9.10. The van der Waals surface area contributed by atoms with Crippen LogP contribution in [0, 0.1) is 6.92 Å². The number of nitrogens with zero attached hydrogens (tertiary/aromatic N) is 2. The van der Waals surface area contributed by atoms with Gasteiger partial charge >= 0.3 is 5.97 Å². The number of esters is 1. The van der Waals surface area contributed by atoms with E-state index in [0.29, 0.717) is 5.69 Å². The zero-order chi connectivity index (χ0) is 19.9. The van der Waals surface area contributed by atoms with Gasteiger partial charge in [0.25, 0.3) is 0 Å². The van der Waals surface area contributed by atoms with Crippen LogP contribution in [0.4, 0.5) is 0 Å². The number of para-hydroxylation sites is 1. The van der Waals surface area contributed by atoms with E-state index < -0.39 is 12.0 Å². The number of carbonyl (C=O) groups is 2. The van der Waals surface area contributed by atoms with Crippen molar-refractivity contribution in [1.29, 1.82) is 0 Å². The molecule has 1 aromatic heterocycles. The number of aromatic nitrogens is 2. The molecule has 144 valence electrons. The molecule has 6 nitrogen and oxygen atoms in total. The summed E-state index contributed by atoms with van der Waals surface area (Å²) < 4.78 is 7.10. The van der Waals surface area contributed by atoms with Crippen molar-refractivity contribution in [3.8, 4) is 5.69 Å². The fraction of sp³-hybridized carbons (Fsp3) is 0.227. The van der Waals surface area contributed by atoms with Gasteiger partial charge in [-0.2, -0.15) is 5.10 Å². The minimum absolute atomic E-state index is 0.0576. The summed E-state index contributed by atoms with van der Waals surface area (Å²) >= 11 is 0. The first-order valence-corrected chi connectivity index (χ1v) is 9.10. The van der Waals surface area contributed by atoms with E-state index in [0.717, 1.165) is 16.8 Å². The topological polar surface area (TPSA) is 73.2 Å². The normalized spacial score (nSPS) is 11.6. The van der Waals surface area contributed by atoms with Crippen LogP contribution in [0.15, 0.2) is 66.9 Å². The predicted octanol–water partition coefficient (Wildman–Crippen LogP) is 3.49. The third-order valence-electron chi connectivity index (χ3n) is 4.27. The molecule has 3 rings (SSSR count). The summed E-state index contributed by atoms with van der Waals surface area (Å²) in [5, 5.41) is 7.23. The Kier molecular flexibility index (Phi) is 6.22. The Morgan fingerprint density at radius 2 is 1.79 bits per heavy atom. The first-order chi connectivity index (χ1) is 13.5. The number of nitrogens with one attached hydrogen (secondary N) is 1. The highest BCUT2D eigenvalue weighted by Crippen LogP contribution is 2.19. The molecule has 28 heavy (non-hydrogen) atoms. The minimum atomic E-state index is -0.424. The van der Waals surface area contributed by atoms with Crippen molar-refractivity contribution in [3.05, 3.63) is 83.7 Å². The van der Waals surface area contributed by atoms with E-state index in [1.807, 2.05) is 73.8 Å². The lowest BCUT2D eigenvalue weighted by atomic mass is 10.0. The highest BCUT2D eigenvalue weighted by Gasteiger charge is 2.18. The van der Waals surface area contributed by atoms with Crippen LogP contribution in [0.25, 0.3) is 5.69 Å². The summed E-state index contributed by atoms with van der Waals surface area (Å²) in [6.07, 6.45) is 1.88. The molecule has 0 fully saturated rings. The largest absolute Gasteiger partial charge is 0.459 e. The van der Waals surface area contributed by atoms with Gasteiger partial charge < -0.3 is 10.1 Å². The van der Waals surface area contributed by atoms with Crippen molar-refractivity contribution in [2.75, 3.05) is 0 Å². The van der Waals surface area contributed by atoms with Crippen LogP contribution in [0.3, 0.4) is 0 Å². The second-order valence-corrected chi connectivity index (χ2v) is 6.62. The second-order valence-electron chi connectivity index (χ2n) is 6.62. The third-order valence-corrected chi connectivity index (χ3v) is 4.27. The number of hydrogen-bond acceptors (Lipinski definition) is 4. The zero-order valence-corrected chi connectivity index (χ0v) is 16.0. The number of hydrogen-bond donors (Lipinski definition) is 1. The Bertz CT molecular complexity index is 933. The maximum absolute atomic E-state index is 12.3. The van der Waals surface area contributed by atoms with Crippen LogP contribution in [0.2, 0.25) is 0 Å². The molecule has 0 spiro atoms. The van der Waals surface area contributed by atoms with E-state index in [9.17, 15) is 9.59 Å². The van der Waals surface area contributed by atoms with Crippen molar-refractivity contribution in [3.63, 3.8) is 0 Å². The lowest BCUT2D eigenvalue weighted by Crippen LogP contribution is -2.28. The van der Waals surface area contributed by atoms with Crippen molar-refractivity contribution in [1.82, 2.24) is 15.1 Å². The summed E-state index contributed by atoms with van der Waals surface area (Å²) in [4.78, 5) is 23.8. The van der Waals surface area contributed by atoms with Gasteiger partial charge in [0.15, 0.2) is 0 Å². The fourth-order valence-electron chi connectivity index (χ4n) is 2.84. The Hall–Kier alpha value is -3.41. The fourth-order valence-corrected chi connectivity index (χ4v) is 2.84. The third kappa shape index (κ3) is 5.30. The van der Waals surface area contributed by atoms with Gasteiger partial charge in [0.2, 0.25) is 5.91 Å². The number of carbonyl (C=O) groups excluding carboxylic acids is 2. The van der Waals surface area contributed by atoms with Crippen LogP contribution in [0.5, 0.6) is 0 Å². The molecule has 1 atom stereocenters. The predicted molar refractivity (Wildman–Crippen MR) is 106 cm³/mol. The monoisotopic (exact) mass is 377 g/mol. The van der Waals surface area contributed by atoms with Gasteiger partial charge in [0.1, 0.15) is 12.3 Å². The molecule has 6 heteroatoms. The number of rotatable bonds is 7. The quantitative estimate of drug-likeness (QED) is 0.640. The highest BCUT2D eigenvalue weighted by atomic mass is 16.5. The van der Waals surface area contributed by atoms with Crippen LogP contribution >= 0.6 is 0 Å². The zero-order valence-electron chi connectivity index (χ0n) is 16.0. The molecule has 1 heterocycles. The average molecular weight is 377 g/mol. The molecular formula is C22H23N3O3. The minimum Gasteiger partial charge on any atom is -0.459 e. The smallest absolute Gasteiger partial charge is 0.308 e. The van der Waals surface area contributed by atoms with Gasteiger partial charge in [0.05, 0.1) is 18.2 Å². The van der Waals surface area contributed by atoms with Crippen molar-refractivity contribution in [2.45, 2.75) is 32.9 Å². The highest BCUT2D eigenvalue weighted by molar-refractivity contribution is 5.76. The number of benzene rings is 2. The summed E-state index contributed by atoms with van der Waals surface area (Å²) in [5.41, 5.74) is 3.57. The molecule has 0 aliphatic carbocycles.